The van der Waals surface area contributed by atoms with Gasteiger partial charge in [-0.3, -0.25) is 14.9 Å². The molecule has 0 spiro atoms. The van der Waals surface area contributed by atoms with Gasteiger partial charge >= 0.3 is 0 Å². The molecule has 0 aliphatic heterocycles. The topological polar surface area (TPSA) is 87.9 Å². The van der Waals surface area contributed by atoms with Crippen molar-refractivity contribution in [2.45, 2.75) is 27.4 Å². The van der Waals surface area contributed by atoms with E-state index in [0.29, 0.717) is 22.4 Å². The molecule has 0 N–H and O–H groups in total. The number of aryl methyl sites for hydroxylation is 2. The second-order valence-electron chi connectivity index (χ2n) is 7.50. The van der Waals surface area contributed by atoms with E-state index in [4.69, 9.17) is 14.2 Å². The molecule has 8 heteroatoms. The second kappa shape index (κ2) is 9.68. The van der Waals surface area contributed by atoms with Gasteiger partial charge in [0.2, 0.25) is 5.75 Å². The predicted octanol–water partition coefficient (Wildman–Crippen LogP) is 5.49. The lowest BCUT2D eigenvalue weighted by atomic mass is 9.91. The molecule has 7 nitrogen and oxygen atoms in total. The van der Waals surface area contributed by atoms with Crippen LogP contribution in [0.3, 0.4) is 0 Å². The molecule has 0 fully saturated rings. The molecule has 3 aromatic carbocycles. The Bertz CT molecular complexity index is 1240. The van der Waals surface area contributed by atoms with E-state index in [-0.39, 0.29) is 40.5 Å². The molecule has 3 rings (SSSR count). The van der Waals surface area contributed by atoms with Gasteiger partial charge in [-0.1, -0.05) is 24.3 Å². The summed E-state index contributed by atoms with van der Waals surface area (Å²) in [5, 5.41) is 11.5. The van der Waals surface area contributed by atoms with E-state index in [2.05, 4.69) is 0 Å². The van der Waals surface area contributed by atoms with Gasteiger partial charge in [-0.2, -0.15) is 0 Å². The van der Waals surface area contributed by atoms with E-state index < -0.39 is 16.5 Å². The number of ether oxygens (including phenoxy) is 3. The molecule has 0 aliphatic carbocycles. The van der Waals surface area contributed by atoms with Crippen LogP contribution in [-0.4, -0.2) is 24.9 Å². The predicted molar refractivity (Wildman–Crippen MR) is 121 cm³/mol. The normalized spacial score (nSPS) is 10.6. The van der Waals surface area contributed by atoms with Crippen molar-refractivity contribution in [2.75, 3.05) is 14.2 Å². The van der Waals surface area contributed by atoms with Crippen molar-refractivity contribution in [3.05, 3.63) is 91.8 Å². The van der Waals surface area contributed by atoms with Gasteiger partial charge in [0.05, 0.1) is 24.7 Å². The number of nitro benzene ring substituents is 1. The molecule has 0 radical (unpaired) electrons. The number of halogens is 1. The molecule has 3 aromatic rings. The molecular formula is C25H24FNO6. The highest BCUT2D eigenvalue weighted by Crippen LogP contribution is 2.44. The van der Waals surface area contributed by atoms with Gasteiger partial charge in [-0.25, -0.2) is 4.39 Å². The molecule has 0 amide bonds. The molecule has 0 unspecified atom stereocenters. The summed E-state index contributed by atoms with van der Waals surface area (Å²) < 4.78 is 31.0. The number of nitro groups is 1. The van der Waals surface area contributed by atoms with E-state index in [1.807, 2.05) is 0 Å². The first-order chi connectivity index (χ1) is 15.7. The van der Waals surface area contributed by atoms with Gasteiger partial charge in [-0.15, -0.1) is 0 Å². The third-order valence-corrected chi connectivity index (χ3v) is 5.45. The molecule has 0 heterocycles. The monoisotopic (exact) mass is 453 g/mol. The minimum Gasteiger partial charge on any atom is -0.493 e. The largest absolute Gasteiger partial charge is 0.493 e. The summed E-state index contributed by atoms with van der Waals surface area (Å²) in [5.41, 5.74) is 1.85. The maximum atomic E-state index is 14.2. The van der Waals surface area contributed by atoms with Crippen molar-refractivity contribution in [3.8, 4) is 17.2 Å². The number of hydrogen-bond donors (Lipinski definition) is 0. The van der Waals surface area contributed by atoms with Crippen LogP contribution in [0.1, 0.15) is 38.2 Å². The Morgan fingerprint density at radius 2 is 1.67 bits per heavy atom. The molecule has 0 atom stereocenters. The van der Waals surface area contributed by atoms with Crippen LogP contribution in [0.4, 0.5) is 10.1 Å². The molecule has 0 aliphatic rings. The first-order valence-electron chi connectivity index (χ1n) is 10.1. The first kappa shape index (κ1) is 23.7. The van der Waals surface area contributed by atoms with Gasteiger partial charge < -0.3 is 14.2 Å². The zero-order valence-corrected chi connectivity index (χ0v) is 19.0. The van der Waals surface area contributed by atoms with Crippen LogP contribution in [0.25, 0.3) is 0 Å². The molecule has 0 bridgehead atoms. The number of rotatable bonds is 8. The third-order valence-electron chi connectivity index (χ3n) is 5.45. The average molecular weight is 453 g/mol. The maximum Gasteiger partial charge on any atom is 0.273 e. The fraction of sp³-hybridized carbons (Fsp3) is 0.240. The van der Waals surface area contributed by atoms with Crippen LogP contribution in [0.2, 0.25) is 0 Å². The Morgan fingerprint density at radius 3 is 2.27 bits per heavy atom. The van der Waals surface area contributed by atoms with E-state index in [1.54, 1.807) is 38.1 Å². The Balaban J connectivity index is 2.21. The Kier molecular flexibility index (Phi) is 6.96. The fourth-order valence-electron chi connectivity index (χ4n) is 3.78. The van der Waals surface area contributed by atoms with E-state index in [0.717, 1.165) is 0 Å². The molecular weight excluding hydrogens is 429 g/mol. The fourth-order valence-corrected chi connectivity index (χ4v) is 3.78. The van der Waals surface area contributed by atoms with Crippen molar-refractivity contribution in [1.82, 2.24) is 0 Å². The first-order valence-corrected chi connectivity index (χ1v) is 10.1. The molecule has 33 heavy (non-hydrogen) atoms. The summed E-state index contributed by atoms with van der Waals surface area (Å²) in [6, 6.07) is 10.7. The zero-order chi connectivity index (χ0) is 24.3. The highest BCUT2D eigenvalue weighted by molar-refractivity contribution is 6.14. The summed E-state index contributed by atoms with van der Waals surface area (Å²) in [6.45, 7) is 4.78. The number of carbonyl (C=O) groups is 1. The van der Waals surface area contributed by atoms with Crippen LogP contribution >= 0.6 is 0 Å². The lowest BCUT2D eigenvalue weighted by molar-refractivity contribution is -0.385. The quantitative estimate of drug-likeness (QED) is 0.255. The van der Waals surface area contributed by atoms with E-state index >= 15 is 0 Å². The van der Waals surface area contributed by atoms with Crippen LogP contribution in [0.5, 0.6) is 17.2 Å². The zero-order valence-electron chi connectivity index (χ0n) is 19.0. The highest BCUT2D eigenvalue weighted by Gasteiger charge is 2.29. The number of nitrogens with zero attached hydrogens (tertiary/aromatic N) is 1. The summed E-state index contributed by atoms with van der Waals surface area (Å²) in [6.07, 6.45) is 0. The number of ketones is 1. The average Bonchev–Trinajstić information content (AvgIpc) is 2.77. The van der Waals surface area contributed by atoms with Crippen molar-refractivity contribution >= 4 is 11.5 Å². The standard InChI is InChI=1S/C25H24FNO6/c1-14-10-11-19(27(29)30)16(3)21(14)23(28)22-15(2)12-20(31-4)24(32-5)25(22)33-13-17-8-6-7-9-18(17)26/h6-12H,13H2,1-5H3. The molecule has 172 valence electrons. The van der Waals surface area contributed by atoms with E-state index in [1.165, 1.54) is 39.3 Å². The van der Waals surface area contributed by atoms with Crippen molar-refractivity contribution < 1.29 is 28.3 Å². The van der Waals surface area contributed by atoms with Gasteiger partial charge in [0.1, 0.15) is 12.4 Å². The number of hydrogen-bond acceptors (Lipinski definition) is 6. The third kappa shape index (κ3) is 4.50. The Labute approximate surface area is 190 Å². The van der Waals surface area contributed by atoms with Crippen molar-refractivity contribution in [3.63, 3.8) is 0 Å². The molecule has 0 saturated heterocycles. The Hall–Kier alpha value is -3.94. The summed E-state index contributed by atoms with van der Waals surface area (Å²) in [7, 11) is 2.86. The minimum absolute atomic E-state index is 0.0768. The van der Waals surface area contributed by atoms with Crippen molar-refractivity contribution in [2.24, 2.45) is 0 Å². The van der Waals surface area contributed by atoms with Gasteiger partial charge in [0, 0.05) is 22.8 Å². The highest BCUT2D eigenvalue weighted by atomic mass is 19.1. The smallest absolute Gasteiger partial charge is 0.273 e. The number of carbonyl (C=O) groups excluding carboxylic acids is 1. The SMILES string of the molecule is COc1cc(C)c(C(=O)c2c(C)ccc([N+](=O)[O-])c2C)c(OCc2ccccc2F)c1OC. The summed E-state index contributed by atoms with van der Waals surface area (Å²) >= 11 is 0. The van der Waals surface area contributed by atoms with Gasteiger partial charge in [0.15, 0.2) is 17.3 Å². The number of benzene rings is 3. The lowest BCUT2D eigenvalue weighted by Gasteiger charge is -2.20. The summed E-state index contributed by atoms with van der Waals surface area (Å²) in [4.78, 5) is 24.7. The van der Waals surface area contributed by atoms with E-state index in [9.17, 15) is 19.3 Å². The number of methoxy groups -OCH3 is 2. The second-order valence-corrected chi connectivity index (χ2v) is 7.50. The summed E-state index contributed by atoms with van der Waals surface area (Å²) in [5.74, 6) is -0.330. The maximum absolute atomic E-state index is 14.2. The van der Waals surface area contributed by atoms with Crippen LogP contribution in [0, 0.1) is 36.7 Å². The van der Waals surface area contributed by atoms with Crippen LogP contribution in [-0.2, 0) is 6.61 Å². The van der Waals surface area contributed by atoms with Gasteiger partial charge in [0.25, 0.3) is 5.69 Å². The van der Waals surface area contributed by atoms with Crippen molar-refractivity contribution in [1.29, 1.82) is 0 Å². The molecule has 0 aromatic heterocycles. The minimum atomic E-state index is -0.525. The lowest BCUT2D eigenvalue weighted by Crippen LogP contribution is -2.13. The van der Waals surface area contributed by atoms with Crippen LogP contribution in [0.15, 0.2) is 42.5 Å². The van der Waals surface area contributed by atoms with Crippen LogP contribution < -0.4 is 14.2 Å². The van der Waals surface area contributed by atoms with Gasteiger partial charge in [-0.05, 0) is 44.0 Å². The molecule has 0 saturated carbocycles. The Morgan fingerprint density at radius 1 is 0.970 bits per heavy atom.